The minimum absolute atomic E-state index is 0.0737. The van der Waals surface area contributed by atoms with Crippen molar-refractivity contribution in [1.82, 2.24) is 10.6 Å². The van der Waals surface area contributed by atoms with Crippen molar-refractivity contribution in [2.75, 3.05) is 32.8 Å². The molecule has 0 saturated heterocycles. The van der Waals surface area contributed by atoms with Crippen LogP contribution in [-0.4, -0.2) is 44.7 Å². The molecule has 0 saturated carbocycles. The zero-order chi connectivity index (χ0) is 12.9. The largest absolute Gasteiger partial charge is 0.382 e. The molecule has 17 heavy (non-hydrogen) atoms. The number of amides is 1. The summed E-state index contributed by atoms with van der Waals surface area (Å²) in [6, 6.07) is 0. The van der Waals surface area contributed by atoms with Gasteiger partial charge in [-0.3, -0.25) is 4.79 Å². The second-order valence-electron chi connectivity index (χ2n) is 3.53. The summed E-state index contributed by atoms with van der Waals surface area (Å²) in [6.07, 6.45) is 1.78. The molecule has 1 amide bonds. The first-order chi connectivity index (χ1) is 8.20. The lowest BCUT2D eigenvalue weighted by Gasteiger charge is -2.05. The highest BCUT2D eigenvalue weighted by atomic mass is 16.5. The van der Waals surface area contributed by atoms with Gasteiger partial charge in [0.05, 0.1) is 0 Å². The summed E-state index contributed by atoms with van der Waals surface area (Å²) < 4.78 is 5.17. The Morgan fingerprint density at radius 2 is 2.06 bits per heavy atom. The molecule has 0 aromatic carbocycles. The average molecular weight is 244 g/mol. The molecule has 0 atom stereocenters. The summed E-state index contributed by atoms with van der Waals surface area (Å²) in [5.74, 6) is 0.194. The van der Waals surface area contributed by atoms with E-state index in [2.05, 4.69) is 15.6 Å². The Balaban J connectivity index is 3.53. The van der Waals surface area contributed by atoms with E-state index in [1.807, 2.05) is 13.8 Å². The summed E-state index contributed by atoms with van der Waals surface area (Å²) >= 11 is 0. The van der Waals surface area contributed by atoms with Gasteiger partial charge in [-0.25, -0.2) is 4.99 Å². The number of ether oxygens (including phenoxy) is 1. The maximum atomic E-state index is 11.2. The van der Waals surface area contributed by atoms with E-state index in [0.717, 1.165) is 19.4 Å². The van der Waals surface area contributed by atoms with E-state index in [1.54, 1.807) is 0 Å². The molecule has 6 heteroatoms. The fourth-order valence-corrected chi connectivity index (χ4v) is 1.07. The molecule has 0 spiro atoms. The van der Waals surface area contributed by atoms with Crippen LogP contribution in [0, 0.1) is 0 Å². The highest BCUT2D eigenvalue weighted by Gasteiger charge is 1.98. The third-order valence-corrected chi connectivity index (χ3v) is 1.94. The monoisotopic (exact) mass is 244 g/mol. The van der Waals surface area contributed by atoms with Crippen LogP contribution in [0.1, 0.15) is 26.7 Å². The molecule has 0 aromatic rings. The molecule has 0 fully saturated rings. The minimum Gasteiger partial charge on any atom is -0.382 e. The van der Waals surface area contributed by atoms with E-state index in [1.165, 1.54) is 0 Å². The van der Waals surface area contributed by atoms with Crippen molar-refractivity contribution in [2.24, 2.45) is 10.7 Å². The van der Waals surface area contributed by atoms with Crippen molar-refractivity contribution in [3.8, 4) is 0 Å². The van der Waals surface area contributed by atoms with Crippen molar-refractivity contribution in [1.29, 1.82) is 0 Å². The number of nitrogens with zero attached hydrogens (tertiary/aromatic N) is 1. The first-order valence-corrected chi connectivity index (χ1v) is 6.08. The Bertz CT molecular complexity index is 232. The van der Waals surface area contributed by atoms with Gasteiger partial charge in [0.1, 0.15) is 6.54 Å². The normalized spacial score (nSPS) is 11.3. The third kappa shape index (κ3) is 11.0. The molecular formula is C11H24N4O2. The van der Waals surface area contributed by atoms with Crippen molar-refractivity contribution in [2.45, 2.75) is 26.7 Å². The van der Waals surface area contributed by atoms with Gasteiger partial charge in [-0.15, -0.1) is 0 Å². The van der Waals surface area contributed by atoms with Crippen LogP contribution in [0.25, 0.3) is 0 Å². The number of nitrogens with two attached hydrogens (primary N) is 1. The molecular weight excluding hydrogens is 220 g/mol. The van der Waals surface area contributed by atoms with Crippen LogP contribution < -0.4 is 16.4 Å². The summed E-state index contributed by atoms with van der Waals surface area (Å²) in [4.78, 5) is 15.1. The Labute approximate surface area is 103 Å². The van der Waals surface area contributed by atoms with Gasteiger partial charge < -0.3 is 21.1 Å². The van der Waals surface area contributed by atoms with Gasteiger partial charge in [-0.05, 0) is 19.8 Å². The van der Waals surface area contributed by atoms with Crippen LogP contribution in [0.3, 0.4) is 0 Å². The zero-order valence-electron chi connectivity index (χ0n) is 10.8. The standard InChI is InChI=1S/C11H24N4O2/c1-3-6-13-10(16)9-15-11(12)14-7-5-8-17-4-2/h3-9H2,1-2H3,(H,13,16)(H3,12,14,15). The second kappa shape index (κ2) is 11.2. The van der Waals surface area contributed by atoms with Crippen LogP contribution in [-0.2, 0) is 9.53 Å². The van der Waals surface area contributed by atoms with Crippen LogP contribution in [0.5, 0.6) is 0 Å². The maximum absolute atomic E-state index is 11.2. The molecule has 0 aromatic heterocycles. The highest BCUT2D eigenvalue weighted by molar-refractivity contribution is 5.83. The molecule has 0 aliphatic heterocycles. The van der Waals surface area contributed by atoms with Crippen molar-refractivity contribution >= 4 is 11.9 Å². The molecule has 6 nitrogen and oxygen atoms in total. The number of aliphatic imine (C=N–C) groups is 1. The fourth-order valence-electron chi connectivity index (χ4n) is 1.07. The smallest absolute Gasteiger partial charge is 0.241 e. The summed E-state index contributed by atoms with van der Waals surface area (Å²) in [7, 11) is 0. The molecule has 0 aliphatic rings. The van der Waals surface area contributed by atoms with Gasteiger partial charge in [-0.2, -0.15) is 0 Å². The average Bonchev–Trinajstić information content (AvgIpc) is 2.33. The number of guanidine groups is 1. The van der Waals surface area contributed by atoms with Crippen LogP contribution in [0.2, 0.25) is 0 Å². The van der Waals surface area contributed by atoms with E-state index < -0.39 is 0 Å². The lowest BCUT2D eigenvalue weighted by atomic mass is 10.4. The zero-order valence-corrected chi connectivity index (χ0v) is 10.8. The number of hydrogen-bond donors (Lipinski definition) is 3. The number of carbonyl (C=O) groups excluding carboxylic acids is 1. The van der Waals surface area contributed by atoms with Crippen molar-refractivity contribution in [3.05, 3.63) is 0 Å². The molecule has 100 valence electrons. The Hall–Kier alpha value is -1.30. The van der Waals surface area contributed by atoms with E-state index in [9.17, 15) is 4.79 Å². The van der Waals surface area contributed by atoms with Gasteiger partial charge >= 0.3 is 0 Å². The van der Waals surface area contributed by atoms with Crippen molar-refractivity contribution in [3.63, 3.8) is 0 Å². The van der Waals surface area contributed by atoms with E-state index >= 15 is 0 Å². The molecule has 0 radical (unpaired) electrons. The SMILES string of the molecule is CCCNC(=O)CN=C(N)NCCCOCC. The first-order valence-electron chi connectivity index (χ1n) is 6.08. The van der Waals surface area contributed by atoms with Gasteiger partial charge in [-0.1, -0.05) is 6.92 Å². The lowest BCUT2D eigenvalue weighted by Crippen LogP contribution is -2.35. The quantitative estimate of drug-likeness (QED) is 0.299. The fraction of sp³-hybridized carbons (Fsp3) is 0.818. The van der Waals surface area contributed by atoms with Gasteiger partial charge in [0.2, 0.25) is 5.91 Å². The summed E-state index contributed by atoms with van der Waals surface area (Å²) in [6.45, 7) is 6.83. The van der Waals surface area contributed by atoms with Crippen LogP contribution >= 0.6 is 0 Å². The lowest BCUT2D eigenvalue weighted by molar-refractivity contribution is -0.119. The predicted octanol–water partition coefficient (Wildman–Crippen LogP) is -0.156. The molecule has 0 bridgehead atoms. The predicted molar refractivity (Wildman–Crippen MR) is 68.9 cm³/mol. The number of hydrogen-bond acceptors (Lipinski definition) is 3. The van der Waals surface area contributed by atoms with E-state index in [0.29, 0.717) is 25.7 Å². The third-order valence-electron chi connectivity index (χ3n) is 1.94. The van der Waals surface area contributed by atoms with Crippen LogP contribution in [0.4, 0.5) is 0 Å². The van der Waals surface area contributed by atoms with Gasteiger partial charge in [0.25, 0.3) is 0 Å². The summed E-state index contributed by atoms with van der Waals surface area (Å²) in [5, 5.41) is 5.64. The Morgan fingerprint density at radius 3 is 2.71 bits per heavy atom. The topological polar surface area (TPSA) is 88.7 Å². The number of nitrogens with one attached hydrogen (secondary N) is 2. The molecule has 0 unspecified atom stereocenters. The molecule has 0 aliphatic carbocycles. The molecule has 4 N–H and O–H groups in total. The number of carbonyl (C=O) groups is 1. The molecule has 0 heterocycles. The number of rotatable bonds is 9. The molecule has 0 rings (SSSR count). The maximum Gasteiger partial charge on any atom is 0.241 e. The second-order valence-corrected chi connectivity index (χ2v) is 3.53. The Morgan fingerprint density at radius 1 is 1.29 bits per heavy atom. The van der Waals surface area contributed by atoms with E-state index in [4.69, 9.17) is 10.5 Å². The van der Waals surface area contributed by atoms with Gasteiger partial charge in [0, 0.05) is 26.3 Å². The first kappa shape index (κ1) is 15.7. The van der Waals surface area contributed by atoms with E-state index in [-0.39, 0.29) is 12.5 Å². The Kier molecular flexibility index (Phi) is 10.3. The highest BCUT2D eigenvalue weighted by Crippen LogP contribution is 1.80. The van der Waals surface area contributed by atoms with Crippen molar-refractivity contribution < 1.29 is 9.53 Å². The van der Waals surface area contributed by atoms with Gasteiger partial charge in [0.15, 0.2) is 5.96 Å². The summed E-state index contributed by atoms with van der Waals surface area (Å²) in [5.41, 5.74) is 5.58. The minimum atomic E-state index is -0.106. The van der Waals surface area contributed by atoms with Crippen LogP contribution in [0.15, 0.2) is 4.99 Å².